The van der Waals surface area contributed by atoms with Crippen molar-refractivity contribution in [3.8, 4) is 11.5 Å². The molecule has 0 saturated heterocycles. The fourth-order valence-corrected chi connectivity index (χ4v) is 2.47. The molecule has 24 heavy (non-hydrogen) atoms. The standard InChI is InChI=1S/C19H22ClNO3/c1-4-23-17-8-5-15(6-9-17)12-21(3)19(22)13-24-18-10-7-16(20)11-14(18)2/h5-11H,4,12-13H2,1-3H3. The van der Waals surface area contributed by atoms with Crippen LogP contribution in [0.2, 0.25) is 5.02 Å². The molecule has 0 radical (unpaired) electrons. The van der Waals surface area contributed by atoms with Gasteiger partial charge < -0.3 is 14.4 Å². The summed E-state index contributed by atoms with van der Waals surface area (Å²) in [6, 6.07) is 13.1. The number of amides is 1. The third-order valence-corrected chi connectivity index (χ3v) is 3.80. The highest BCUT2D eigenvalue weighted by molar-refractivity contribution is 6.30. The van der Waals surface area contributed by atoms with E-state index in [0.29, 0.717) is 23.9 Å². The zero-order valence-corrected chi connectivity index (χ0v) is 15.0. The highest BCUT2D eigenvalue weighted by atomic mass is 35.5. The number of ether oxygens (including phenoxy) is 2. The van der Waals surface area contributed by atoms with Crippen LogP contribution in [0.1, 0.15) is 18.1 Å². The summed E-state index contributed by atoms with van der Waals surface area (Å²) in [5.41, 5.74) is 1.95. The maximum atomic E-state index is 12.2. The average molecular weight is 348 g/mol. The van der Waals surface area contributed by atoms with E-state index in [1.807, 2.05) is 44.2 Å². The van der Waals surface area contributed by atoms with Crippen LogP contribution in [0.4, 0.5) is 0 Å². The molecule has 0 heterocycles. The number of nitrogens with zero attached hydrogens (tertiary/aromatic N) is 1. The molecule has 0 aliphatic rings. The molecule has 5 heteroatoms. The zero-order chi connectivity index (χ0) is 17.5. The minimum Gasteiger partial charge on any atom is -0.494 e. The summed E-state index contributed by atoms with van der Waals surface area (Å²) < 4.78 is 11.0. The molecule has 128 valence electrons. The van der Waals surface area contributed by atoms with Gasteiger partial charge in [-0.15, -0.1) is 0 Å². The van der Waals surface area contributed by atoms with Crippen LogP contribution in [0.25, 0.3) is 0 Å². The Morgan fingerprint density at radius 3 is 2.46 bits per heavy atom. The van der Waals surface area contributed by atoms with E-state index in [2.05, 4.69) is 0 Å². The van der Waals surface area contributed by atoms with Gasteiger partial charge in [0.2, 0.25) is 0 Å². The summed E-state index contributed by atoms with van der Waals surface area (Å²) in [5.74, 6) is 1.41. The van der Waals surface area contributed by atoms with E-state index in [9.17, 15) is 4.79 Å². The van der Waals surface area contributed by atoms with Crippen molar-refractivity contribution >= 4 is 17.5 Å². The molecule has 2 aromatic rings. The molecule has 0 aromatic heterocycles. The number of hydrogen-bond acceptors (Lipinski definition) is 3. The van der Waals surface area contributed by atoms with Crippen molar-refractivity contribution in [2.24, 2.45) is 0 Å². The van der Waals surface area contributed by atoms with Crippen molar-refractivity contribution in [1.29, 1.82) is 0 Å². The van der Waals surface area contributed by atoms with Crippen molar-refractivity contribution in [3.05, 3.63) is 58.6 Å². The van der Waals surface area contributed by atoms with Gasteiger partial charge in [-0.2, -0.15) is 0 Å². The predicted molar refractivity (Wildman–Crippen MR) is 95.8 cm³/mol. The van der Waals surface area contributed by atoms with E-state index in [1.165, 1.54) is 0 Å². The molecule has 4 nitrogen and oxygen atoms in total. The Morgan fingerprint density at radius 1 is 1.12 bits per heavy atom. The van der Waals surface area contributed by atoms with E-state index in [0.717, 1.165) is 16.9 Å². The maximum Gasteiger partial charge on any atom is 0.260 e. The Hall–Kier alpha value is -2.20. The summed E-state index contributed by atoms with van der Waals surface area (Å²) in [4.78, 5) is 13.9. The number of carbonyl (C=O) groups excluding carboxylic acids is 1. The van der Waals surface area contributed by atoms with Crippen molar-refractivity contribution in [1.82, 2.24) is 4.90 Å². The largest absolute Gasteiger partial charge is 0.494 e. The van der Waals surface area contributed by atoms with Crippen LogP contribution in [0.5, 0.6) is 11.5 Å². The van der Waals surface area contributed by atoms with Crippen molar-refractivity contribution in [2.45, 2.75) is 20.4 Å². The van der Waals surface area contributed by atoms with Crippen LogP contribution >= 0.6 is 11.6 Å². The molecule has 0 spiro atoms. The van der Waals surface area contributed by atoms with Crippen molar-refractivity contribution in [2.75, 3.05) is 20.3 Å². The van der Waals surface area contributed by atoms with E-state index < -0.39 is 0 Å². The Bertz CT molecular complexity index is 686. The van der Waals surface area contributed by atoms with Crippen molar-refractivity contribution < 1.29 is 14.3 Å². The second-order valence-corrected chi connectivity index (χ2v) is 5.96. The number of hydrogen-bond donors (Lipinski definition) is 0. The fraction of sp³-hybridized carbons (Fsp3) is 0.316. The number of halogens is 1. The minimum absolute atomic E-state index is 0.00397. The van der Waals surface area contributed by atoms with Gasteiger partial charge in [0.15, 0.2) is 6.61 Å². The average Bonchev–Trinajstić information content (AvgIpc) is 2.56. The minimum atomic E-state index is -0.0850. The van der Waals surface area contributed by atoms with Crippen LogP contribution in [0.15, 0.2) is 42.5 Å². The van der Waals surface area contributed by atoms with Crippen LogP contribution in [0, 0.1) is 6.92 Å². The molecule has 0 N–H and O–H groups in total. The van der Waals surface area contributed by atoms with E-state index >= 15 is 0 Å². The molecule has 0 aliphatic carbocycles. The number of rotatable bonds is 7. The lowest BCUT2D eigenvalue weighted by atomic mass is 10.2. The van der Waals surface area contributed by atoms with Gasteiger partial charge in [-0.05, 0) is 55.3 Å². The molecule has 0 fully saturated rings. The number of carbonyl (C=O) groups is 1. The van der Waals surface area contributed by atoms with E-state index in [4.69, 9.17) is 21.1 Å². The smallest absolute Gasteiger partial charge is 0.260 e. The van der Waals surface area contributed by atoms with Gasteiger partial charge in [-0.25, -0.2) is 0 Å². The summed E-state index contributed by atoms with van der Waals surface area (Å²) in [6.07, 6.45) is 0. The monoisotopic (exact) mass is 347 g/mol. The van der Waals surface area contributed by atoms with Gasteiger partial charge in [0, 0.05) is 18.6 Å². The number of benzene rings is 2. The van der Waals surface area contributed by atoms with Gasteiger partial charge in [-0.1, -0.05) is 23.7 Å². The molecule has 0 aliphatic heterocycles. The molecule has 0 saturated carbocycles. The summed E-state index contributed by atoms with van der Waals surface area (Å²) >= 11 is 5.91. The Labute approximate surface area is 147 Å². The third-order valence-electron chi connectivity index (χ3n) is 3.57. The van der Waals surface area contributed by atoms with E-state index in [1.54, 1.807) is 24.1 Å². The molecule has 0 bridgehead atoms. The van der Waals surface area contributed by atoms with Crippen LogP contribution in [0.3, 0.4) is 0 Å². The summed E-state index contributed by atoms with van der Waals surface area (Å²) in [7, 11) is 1.76. The first-order valence-electron chi connectivity index (χ1n) is 7.84. The summed E-state index contributed by atoms with van der Waals surface area (Å²) in [5, 5.41) is 0.652. The van der Waals surface area contributed by atoms with Crippen LogP contribution < -0.4 is 9.47 Å². The normalized spacial score (nSPS) is 10.3. The molecule has 1 amide bonds. The predicted octanol–water partition coefficient (Wildman–Crippen LogP) is 4.08. The van der Waals surface area contributed by atoms with Gasteiger partial charge in [0.25, 0.3) is 5.91 Å². The lowest BCUT2D eigenvalue weighted by Gasteiger charge is -2.18. The Kier molecular flexibility index (Phi) is 6.50. The second kappa shape index (κ2) is 8.60. The SMILES string of the molecule is CCOc1ccc(CN(C)C(=O)COc2ccc(Cl)cc2C)cc1. The quantitative estimate of drug-likeness (QED) is 0.757. The molecule has 2 aromatic carbocycles. The molecular formula is C19H22ClNO3. The fourth-order valence-electron chi connectivity index (χ4n) is 2.24. The van der Waals surface area contributed by atoms with Gasteiger partial charge in [0.05, 0.1) is 6.61 Å². The van der Waals surface area contributed by atoms with Crippen LogP contribution in [-0.2, 0) is 11.3 Å². The van der Waals surface area contributed by atoms with Crippen LogP contribution in [-0.4, -0.2) is 31.1 Å². The molecule has 0 atom stereocenters. The topological polar surface area (TPSA) is 38.8 Å². The maximum absolute atomic E-state index is 12.2. The Morgan fingerprint density at radius 2 is 1.83 bits per heavy atom. The Balaban J connectivity index is 1.87. The van der Waals surface area contributed by atoms with E-state index in [-0.39, 0.29) is 12.5 Å². The molecule has 2 rings (SSSR count). The van der Waals surface area contributed by atoms with Gasteiger partial charge >= 0.3 is 0 Å². The molecule has 0 unspecified atom stereocenters. The zero-order valence-electron chi connectivity index (χ0n) is 14.2. The second-order valence-electron chi connectivity index (χ2n) is 5.53. The van der Waals surface area contributed by atoms with Crippen molar-refractivity contribution in [3.63, 3.8) is 0 Å². The molecular weight excluding hydrogens is 326 g/mol. The summed E-state index contributed by atoms with van der Waals surface area (Å²) in [6.45, 7) is 5.00. The van der Waals surface area contributed by atoms with Gasteiger partial charge in [-0.3, -0.25) is 4.79 Å². The first-order chi connectivity index (χ1) is 11.5. The third kappa shape index (κ3) is 5.17. The highest BCUT2D eigenvalue weighted by Crippen LogP contribution is 2.21. The lowest BCUT2D eigenvalue weighted by molar-refractivity contribution is -0.132. The number of likely N-dealkylation sites (N-methyl/N-ethyl adjacent to an activating group) is 1. The first kappa shape index (κ1) is 18.1. The lowest BCUT2D eigenvalue weighted by Crippen LogP contribution is -2.31. The highest BCUT2D eigenvalue weighted by Gasteiger charge is 2.11. The first-order valence-corrected chi connectivity index (χ1v) is 8.22. The van der Waals surface area contributed by atoms with Gasteiger partial charge in [0.1, 0.15) is 11.5 Å². The number of aryl methyl sites for hydroxylation is 1.